The van der Waals surface area contributed by atoms with E-state index in [-0.39, 0.29) is 11.7 Å². The van der Waals surface area contributed by atoms with Crippen LogP contribution in [-0.2, 0) is 11.3 Å². The molecule has 0 bridgehead atoms. The lowest BCUT2D eigenvalue weighted by Crippen LogP contribution is -2.28. The van der Waals surface area contributed by atoms with Crippen molar-refractivity contribution in [2.45, 2.75) is 13.0 Å². The van der Waals surface area contributed by atoms with Gasteiger partial charge in [0.25, 0.3) is 0 Å². The average molecular weight is 290 g/mol. The van der Waals surface area contributed by atoms with Gasteiger partial charge >= 0.3 is 0 Å². The van der Waals surface area contributed by atoms with Gasteiger partial charge in [-0.25, -0.2) is 9.37 Å². The second-order valence-electron chi connectivity index (χ2n) is 4.93. The number of hydrogen-bond donors (Lipinski definition) is 2. The summed E-state index contributed by atoms with van der Waals surface area (Å²) in [5.74, 6) is 0.461. The number of halogens is 1. The molecule has 5 nitrogen and oxygen atoms in total. The van der Waals surface area contributed by atoms with E-state index in [2.05, 4.69) is 21.9 Å². The highest BCUT2D eigenvalue weighted by Gasteiger charge is 2.08. The molecule has 1 aromatic heterocycles. The Hall–Kier alpha value is -2.21. The van der Waals surface area contributed by atoms with Crippen molar-refractivity contribution >= 4 is 16.9 Å². The zero-order valence-corrected chi connectivity index (χ0v) is 12.0. The second-order valence-corrected chi connectivity index (χ2v) is 4.93. The second kappa shape index (κ2) is 6.99. The number of benzene rings is 1. The van der Waals surface area contributed by atoms with Gasteiger partial charge in [-0.15, -0.1) is 6.58 Å². The third-order valence-corrected chi connectivity index (χ3v) is 3.08. The van der Waals surface area contributed by atoms with Gasteiger partial charge in [0.15, 0.2) is 0 Å². The number of carbonyl (C=O) groups is 1. The number of hydrogen-bond acceptors (Lipinski definition) is 3. The van der Waals surface area contributed by atoms with Crippen LogP contribution in [-0.4, -0.2) is 40.9 Å². The summed E-state index contributed by atoms with van der Waals surface area (Å²) < 4.78 is 13.1. The van der Waals surface area contributed by atoms with Crippen LogP contribution in [0.2, 0.25) is 0 Å². The van der Waals surface area contributed by atoms with Gasteiger partial charge in [0.05, 0.1) is 17.6 Å². The number of imidazole rings is 1. The third kappa shape index (κ3) is 4.39. The number of fused-ring (bicyclic) bond motifs is 1. The molecule has 112 valence electrons. The molecule has 0 aliphatic carbocycles. The molecular weight excluding hydrogens is 271 g/mol. The van der Waals surface area contributed by atoms with Crippen molar-refractivity contribution in [1.29, 1.82) is 0 Å². The standard InChI is InChI=1S/C15H19FN4O/c1-3-7-17-15(21)6-8-20(2)10-14-18-12-5-4-11(16)9-13(12)19-14/h3-5,9H,1,6-8,10H2,2H3,(H,17,21)(H,18,19). The summed E-state index contributed by atoms with van der Waals surface area (Å²) in [4.78, 5) is 20.9. The van der Waals surface area contributed by atoms with Crippen LogP contribution < -0.4 is 5.32 Å². The van der Waals surface area contributed by atoms with Gasteiger partial charge in [-0.1, -0.05) is 6.08 Å². The predicted octanol–water partition coefficient (Wildman–Crippen LogP) is 1.83. The molecule has 21 heavy (non-hydrogen) atoms. The Morgan fingerprint density at radius 1 is 1.57 bits per heavy atom. The van der Waals surface area contributed by atoms with Crippen molar-refractivity contribution in [2.24, 2.45) is 0 Å². The third-order valence-electron chi connectivity index (χ3n) is 3.08. The minimum absolute atomic E-state index is 0.00609. The van der Waals surface area contributed by atoms with Crippen molar-refractivity contribution in [3.8, 4) is 0 Å². The molecule has 2 N–H and O–H groups in total. The van der Waals surface area contributed by atoms with Gasteiger partial charge in [-0.05, 0) is 25.2 Å². The van der Waals surface area contributed by atoms with Gasteiger partial charge in [0.1, 0.15) is 11.6 Å². The summed E-state index contributed by atoms with van der Waals surface area (Å²) in [7, 11) is 1.91. The Labute approximate surface area is 122 Å². The topological polar surface area (TPSA) is 61.0 Å². The fourth-order valence-corrected chi connectivity index (χ4v) is 2.01. The predicted molar refractivity (Wildman–Crippen MR) is 80.2 cm³/mol. The maximum Gasteiger partial charge on any atom is 0.221 e. The quantitative estimate of drug-likeness (QED) is 0.765. The summed E-state index contributed by atoms with van der Waals surface area (Å²) in [6.45, 7) is 5.22. The van der Waals surface area contributed by atoms with E-state index in [1.54, 1.807) is 12.1 Å². The van der Waals surface area contributed by atoms with Crippen molar-refractivity contribution in [3.05, 3.63) is 42.5 Å². The van der Waals surface area contributed by atoms with E-state index in [4.69, 9.17) is 0 Å². The molecule has 0 radical (unpaired) electrons. The molecular formula is C15H19FN4O. The molecule has 0 saturated carbocycles. The number of aromatic nitrogens is 2. The van der Waals surface area contributed by atoms with Crippen LogP contribution in [0.4, 0.5) is 4.39 Å². The van der Waals surface area contributed by atoms with Gasteiger partial charge in [0.2, 0.25) is 5.91 Å². The Bertz CT molecular complexity index is 638. The Kier molecular flexibility index (Phi) is 5.05. The molecule has 0 atom stereocenters. The number of nitrogens with one attached hydrogen (secondary N) is 2. The van der Waals surface area contributed by atoms with Crippen LogP contribution >= 0.6 is 0 Å². The first kappa shape index (κ1) is 15.2. The SMILES string of the molecule is C=CCNC(=O)CCN(C)Cc1nc2ccc(F)cc2[nH]1. The molecule has 0 saturated heterocycles. The molecule has 1 amide bonds. The zero-order chi connectivity index (χ0) is 15.2. The van der Waals surface area contributed by atoms with Crippen molar-refractivity contribution < 1.29 is 9.18 Å². The molecule has 2 aromatic rings. The number of carbonyl (C=O) groups excluding carboxylic acids is 1. The minimum Gasteiger partial charge on any atom is -0.353 e. The van der Waals surface area contributed by atoms with Crippen LogP contribution in [0.3, 0.4) is 0 Å². The van der Waals surface area contributed by atoms with Crippen molar-refractivity contribution in [3.63, 3.8) is 0 Å². The summed E-state index contributed by atoms with van der Waals surface area (Å²) in [6, 6.07) is 4.46. The highest BCUT2D eigenvalue weighted by Crippen LogP contribution is 2.13. The average Bonchev–Trinajstić information content (AvgIpc) is 2.84. The van der Waals surface area contributed by atoms with Crippen LogP contribution in [0.5, 0.6) is 0 Å². The van der Waals surface area contributed by atoms with Crippen LogP contribution in [0.15, 0.2) is 30.9 Å². The molecule has 2 rings (SSSR count). The number of amides is 1. The Balaban J connectivity index is 1.87. The normalized spacial score (nSPS) is 11.0. The van der Waals surface area contributed by atoms with Gasteiger partial charge in [-0.3, -0.25) is 9.69 Å². The summed E-state index contributed by atoms with van der Waals surface area (Å²) in [5, 5.41) is 2.73. The Morgan fingerprint density at radius 2 is 2.38 bits per heavy atom. The van der Waals surface area contributed by atoms with Crippen LogP contribution in [0.1, 0.15) is 12.2 Å². The lowest BCUT2D eigenvalue weighted by atomic mass is 10.3. The van der Waals surface area contributed by atoms with Crippen LogP contribution in [0.25, 0.3) is 11.0 Å². The smallest absolute Gasteiger partial charge is 0.221 e. The Morgan fingerprint density at radius 3 is 3.14 bits per heavy atom. The summed E-state index contributed by atoms with van der Waals surface area (Å²) in [6.07, 6.45) is 2.06. The number of H-pyrrole nitrogens is 1. The lowest BCUT2D eigenvalue weighted by Gasteiger charge is -2.14. The first-order valence-corrected chi connectivity index (χ1v) is 6.79. The molecule has 6 heteroatoms. The van der Waals surface area contributed by atoms with E-state index in [9.17, 15) is 9.18 Å². The minimum atomic E-state index is -0.287. The first-order chi connectivity index (χ1) is 10.1. The van der Waals surface area contributed by atoms with E-state index in [0.29, 0.717) is 31.6 Å². The molecule has 0 spiro atoms. The summed E-state index contributed by atoms with van der Waals surface area (Å²) in [5.41, 5.74) is 1.42. The zero-order valence-electron chi connectivity index (χ0n) is 12.0. The van der Waals surface area contributed by atoms with Gasteiger partial charge in [-0.2, -0.15) is 0 Å². The van der Waals surface area contributed by atoms with E-state index >= 15 is 0 Å². The molecule has 1 aromatic carbocycles. The summed E-state index contributed by atoms with van der Waals surface area (Å²) >= 11 is 0. The van der Waals surface area contributed by atoms with E-state index in [1.165, 1.54) is 12.1 Å². The fraction of sp³-hybridized carbons (Fsp3) is 0.333. The number of aromatic amines is 1. The van der Waals surface area contributed by atoms with Gasteiger partial charge in [0, 0.05) is 19.5 Å². The number of rotatable bonds is 7. The van der Waals surface area contributed by atoms with E-state index < -0.39 is 0 Å². The molecule has 0 aliphatic rings. The van der Waals surface area contributed by atoms with E-state index in [1.807, 2.05) is 11.9 Å². The van der Waals surface area contributed by atoms with Crippen molar-refractivity contribution in [2.75, 3.05) is 20.1 Å². The molecule has 1 heterocycles. The largest absolute Gasteiger partial charge is 0.353 e. The molecule has 0 aliphatic heterocycles. The van der Waals surface area contributed by atoms with Gasteiger partial charge < -0.3 is 10.3 Å². The number of nitrogens with zero attached hydrogens (tertiary/aromatic N) is 2. The maximum absolute atomic E-state index is 13.1. The molecule has 0 fully saturated rings. The maximum atomic E-state index is 13.1. The lowest BCUT2D eigenvalue weighted by molar-refractivity contribution is -0.121. The van der Waals surface area contributed by atoms with Crippen LogP contribution in [0, 0.1) is 5.82 Å². The highest BCUT2D eigenvalue weighted by atomic mass is 19.1. The van der Waals surface area contributed by atoms with E-state index in [0.717, 1.165) is 11.3 Å². The van der Waals surface area contributed by atoms with Crippen molar-refractivity contribution in [1.82, 2.24) is 20.2 Å². The monoisotopic (exact) mass is 290 g/mol. The first-order valence-electron chi connectivity index (χ1n) is 6.79. The molecule has 0 unspecified atom stereocenters. The fourth-order valence-electron chi connectivity index (χ4n) is 2.01. The highest BCUT2D eigenvalue weighted by molar-refractivity contribution is 5.76.